The van der Waals surface area contributed by atoms with Crippen LogP contribution in [-0.4, -0.2) is 29.9 Å². The Morgan fingerprint density at radius 2 is 1.57 bits per heavy atom. The summed E-state index contributed by atoms with van der Waals surface area (Å²) >= 11 is 27.9. The summed E-state index contributed by atoms with van der Waals surface area (Å²) < 4.78 is 10.2. The number of carboxylic acids is 1. The Morgan fingerprint density at radius 1 is 1.04 bits per heavy atom. The van der Waals surface area contributed by atoms with Gasteiger partial charge in [0, 0.05) is 0 Å². The molecule has 10 heteroatoms. The van der Waals surface area contributed by atoms with E-state index >= 15 is 0 Å². The Balaban J connectivity index is 0.000000292. The number of ether oxygens (including phenoxy) is 2. The van der Waals surface area contributed by atoms with E-state index in [9.17, 15) is 9.90 Å². The molecule has 0 heterocycles. The molecule has 0 aliphatic carbocycles. The first-order valence-electron chi connectivity index (χ1n) is 7.46. The fourth-order valence-electron chi connectivity index (χ4n) is 1.86. The van der Waals surface area contributed by atoms with Gasteiger partial charge >= 0.3 is 5.97 Å². The minimum Gasteiger partial charge on any atom is -0.505 e. The van der Waals surface area contributed by atoms with Crippen molar-refractivity contribution in [3.63, 3.8) is 0 Å². The van der Waals surface area contributed by atoms with Gasteiger partial charge in [0.2, 0.25) is 0 Å². The minimum atomic E-state index is -1.02. The van der Waals surface area contributed by atoms with Crippen molar-refractivity contribution in [2.24, 2.45) is 0 Å². The van der Waals surface area contributed by atoms with Crippen molar-refractivity contribution in [3.8, 4) is 17.2 Å². The lowest BCUT2D eigenvalue weighted by Gasteiger charge is -2.10. The first-order valence-corrected chi connectivity index (χ1v) is 9.35. The summed E-state index contributed by atoms with van der Waals surface area (Å²) in [6.45, 7) is 3.27. The van der Waals surface area contributed by atoms with E-state index in [0.717, 1.165) is 12.0 Å². The molecule has 0 unspecified atom stereocenters. The molecule has 0 saturated carbocycles. The van der Waals surface area contributed by atoms with Gasteiger partial charge in [-0.15, -0.1) is 6.58 Å². The van der Waals surface area contributed by atoms with Crippen LogP contribution >= 0.6 is 58.0 Å². The van der Waals surface area contributed by atoms with E-state index in [0.29, 0.717) is 11.5 Å². The fourth-order valence-corrected chi connectivity index (χ4v) is 2.99. The molecule has 0 aromatic heterocycles. The topological polar surface area (TPSA) is 76.0 Å². The SMILES string of the molecule is C=CCc1ccc(OCC(=O)O)c(OC)c1.Oc1c(Cl)c(Cl)c(Cl)c(Cl)c1Cl. The van der Waals surface area contributed by atoms with E-state index in [1.165, 1.54) is 7.11 Å². The van der Waals surface area contributed by atoms with E-state index in [-0.39, 0.29) is 37.5 Å². The Morgan fingerprint density at radius 3 is 2.04 bits per heavy atom. The van der Waals surface area contributed by atoms with Crippen LogP contribution in [0.5, 0.6) is 17.2 Å². The highest BCUT2D eigenvalue weighted by Gasteiger charge is 2.18. The number of halogens is 5. The molecule has 0 amide bonds. The van der Waals surface area contributed by atoms with Crippen LogP contribution in [0.15, 0.2) is 30.9 Å². The molecule has 0 aliphatic heterocycles. The van der Waals surface area contributed by atoms with Gasteiger partial charge in [-0.25, -0.2) is 4.79 Å². The highest BCUT2D eigenvalue weighted by atomic mass is 35.5. The number of carboxylic acid groups (broad SMARTS) is 1. The standard InChI is InChI=1S/C12H14O4.C6HCl5O/c1-3-4-9-5-6-10(11(7-9)15-2)16-8-12(13)14;7-1-2(8)4(10)6(12)5(11)3(1)9/h3,5-7H,1,4,8H2,2H3,(H,13,14);12H. The summed E-state index contributed by atoms with van der Waals surface area (Å²) in [5.74, 6) is -0.423. The van der Waals surface area contributed by atoms with Gasteiger partial charge in [0.25, 0.3) is 0 Å². The third-order valence-corrected chi connectivity index (χ3v) is 5.40. The number of aromatic hydroxyl groups is 1. The van der Waals surface area contributed by atoms with Crippen LogP contribution in [0.4, 0.5) is 0 Å². The van der Waals surface area contributed by atoms with Crippen LogP contribution in [0.25, 0.3) is 0 Å². The predicted molar refractivity (Wildman–Crippen MR) is 113 cm³/mol. The van der Waals surface area contributed by atoms with Gasteiger partial charge in [-0.05, 0) is 24.1 Å². The Hall–Kier alpha value is -1.50. The predicted octanol–water partition coefficient (Wildman–Crippen LogP) is 6.55. The van der Waals surface area contributed by atoms with Crippen molar-refractivity contribution in [2.45, 2.75) is 6.42 Å². The van der Waals surface area contributed by atoms with E-state index in [2.05, 4.69) is 6.58 Å². The smallest absolute Gasteiger partial charge is 0.341 e. The zero-order valence-electron chi connectivity index (χ0n) is 14.4. The molecular weight excluding hydrogens is 473 g/mol. The number of hydrogen-bond donors (Lipinski definition) is 2. The number of benzene rings is 2. The van der Waals surface area contributed by atoms with E-state index in [1.54, 1.807) is 18.2 Å². The summed E-state index contributed by atoms with van der Waals surface area (Å²) in [5, 5.41) is 17.5. The van der Waals surface area contributed by atoms with E-state index < -0.39 is 5.97 Å². The maximum atomic E-state index is 10.4. The van der Waals surface area contributed by atoms with Crippen LogP contribution < -0.4 is 9.47 Å². The van der Waals surface area contributed by atoms with Crippen LogP contribution in [0.2, 0.25) is 25.1 Å². The molecule has 0 aliphatic rings. The van der Waals surface area contributed by atoms with Crippen molar-refractivity contribution in [1.82, 2.24) is 0 Å². The third-order valence-electron chi connectivity index (χ3n) is 3.15. The van der Waals surface area contributed by atoms with E-state index in [4.69, 9.17) is 72.6 Å². The quantitative estimate of drug-likeness (QED) is 0.274. The second-order valence-electron chi connectivity index (χ2n) is 5.08. The molecule has 5 nitrogen and oxygen atoms in total. The van der Waals surface area contributed by atoms with Gasteiger partial charge in [-0.1, -0.05) is 70.1 Å². The highest BCUT2D eigenvalue weighted by Crippen LogP contribution is 2.47. The average Bonchev–Trinajstić information content (AvgIpc) is 2.68. The molecule has 0 saturated heterocycles. The maximum absolute atomic E-state index is 10.4. The number of carbonyl (C=O) groups is 1. The minimum absolute atomic E-state index is 0.00904. The molecule has 28 heavy (non-hydrogen) atoms. The van der Waals surface area contributed by atoms with Gasteiger partial charge in [0.15, 0.2) is 23.9 Å². The zero-order chi connectivity index (χ0) is 21.4. The second-order valence-corrected chi connectivity index (χ2v) is 6.97. The number of rotatable bonds is 6. The van der Waals surface area contributed by atoms with Gasteiger partial charge in [0.1, 0.15) is 10.0 Å². The van der Waals surface area contributed by atoms with Gasteiger partial charge in [0.05, 0.1) is 22.2 Å². The number of aliphatic carboxylic acids is 1. The normalized spacial score (nSPS) is 9.93. The average molecular weight is 489 g/mol. The Kier molecular flexibility index (Phi) is 10.1. The van der Waals surface area contributed by atoms with Crippen molar-refractivity contribution in [3.05, 3.63) is 61.5 Å². The maximum Gasteiger partial charge on any atom is 0.341 e. The summed E-state index contributed by atoms with van der Waals surface area (Å²) in [4.78, 5) is 10.4. The largest absolute Gasteiger partial charge is 0.505 e. The molecule has 2 aromatic carbocycles. The summed E-state index contributed by atoms with van der Waals surface area (Å²) in [6.07, 6.45) is 2.52. The molecule has 0 radical (unpaired) electrons. The van der Waals surface area contributed by atoms with Crippen LogP contribution in [-0.2, 0) is 11.2 Å². The summed E-state index contributed by atoms with van der Waals surface area (Å²) in [6, 6.07) is 5.35. The molecular formula is C18H15Cl5O5. The molecule has 0 spiro atoms. The van der Waals surface area contributed by atoms with Crippen molar-refractivity contribution in [1.29, 1.82) is 0 Å². The van der Waals surface area contributed by atoms with Crippen molar-refractivity contribution in [2.75, 3.05) is 13.7 Å². The summed E-state index contributed by atoms with van der Waals surface area (Å²) in [5.41, 5.74) is 1.04. The number of allylic oxidation sites excluding steroid dienone is 1. The van der Waals surface area contributed by atoms with Gasteiger partial charge in [-0.2, -0.15) is 0 Å². The first-order chi connectivity index (χ1) is 13.1. The number of hydrogen-bond acceptors (Lipinski definition) is 4. The highest BCUT2D eigenvalue weighted by molar-refractivity contribution is 6.55. The molecule has 2 rings (SSSR count). The molecule has 0 fully saturated rings. The van der Waals surface area contributed by atoms with Crippen LogP contribution in [0.1, 0.15) is 5.56 Å². The van der Waals surface area contributed by atoms with Crippen LogP contribution in [0, 0.1) is 0 Å². The van der Waals surface area contributed by atoms with Crippen LogP contribution in [0.3, 0.4) is 0 Å². The Bertz CT molecular complexity index is 765. The van der Waals surface area contributed by atoms with Gasteiger partial charge in [-0.3, -0.25) is 0 Å². The molecule has 0 atom stereocenters. The number of methoxy groups -OCH3 is 1. The lowest BCUT2D eigenvalue weighted by atomic mass is 10.1. The third kappa shape index (κ3) is 6.54. The second kappa shape index (κ2) is 11.5. The number of phenolic OH excluding ortho intramolecular Hbond substituents is 1. The van der Waals surface area contributed by atoms with Crippen molar-refractivity contribution >= 4 is 64.0 Å². The number of phenols is 1. The van der Waals surface area contributed by atoms with Crippen molar-refractivity contribution < 1.29 is 24.5 Å². The van der Waals surface area contributed by atoms with E-state index in [1.807, 2.05) is 6.07 Å². The molecule has 152 valence electrons. The lowest BCUT2D eigenvalue weighted by Crippen LogP contribution is -2.10. The fraction of sp³-hybridized carbons (Fsp3) is 0.167. The lowest BCUT2D eigenvalue weighted by molar-refractivity contribution is -0.139. The first kappa shape index (κ1) is 24.5. The van der Waals surface area contributed by atoms with Gasteiger partial charge < -0.3 is 19.7 Å². The zero-order valence-corrected chi connectivity index (χ0v) is 18.2. The molecule has 2 aromatic rings. The molecule has 0 bridgehead atoms. The monoisotopic (exact) mass is 486 g/mol. The Labute approximate surface area is 186 Å². The summed E-state index contributed by atoms with van der Waals surface area (Å²) in [7, 11) is 1.51. The molecule has 2 N–H and O–H groups in total.